The van der Waals surface area contributed by atoms with E-state index >= 15 is 0 Å². The minimum absolute atomic E-state index is 0.0949. The molecule has 0 saturated carbocycles. The summed E-state index contributed by atoms with van der Waals surface area (Å²) in [5, 5.41) is 8.76. The predicted molar refractivity (Wildman–Crippen MR) is 75.4 cm³/mol. The van der Waals surface area contributed by atoms with Crippen LogP contribution < -0.4 is 4.90 Å². The standard InChI is InChI=1S/C15H20F3NO2/c1-2-3-4-9-19(10-8-14(20)21)13-7-5-6-12(11-13)15(16,17)18/h5-7,11H,2-4,8-10H2,1H3,(H,20,21). The lowest BCUT2D eigenvalue weighted by Gasteiger charge is -2.25. The second-order valence-corrected chi connectivity index (χ2v) is 4.89. The van der Waals surface area contributed by atoms with E-state index in [9.17, 15) is 18.0 Å². The van der Waals surface area contributed by atoms with Crippen LogP contribution in [0.25, 0.3) is 0 Å². The van der Waals surface area contributed by atoms with Gasteiger partial charge < -0.3 is 10.0 Å². The number of nitrogens with zero attached hydrogens (tertiary/aromatic N) is 1. The van der Waals surface area contributed by atoms with E-state index in [0.717, 1.165) is 31.4 Å². The summed E-state index contributed by atoms with van der Waals surface area (Å²) in [6.07, 6.45) is -1.70. The lowest BCUT2D eigenvalue weighted by atomic mass is 10.1. The van der Waals surface area contributed by atoms with E-state index in [2.05, 4.69) is 0 Å². The highest BCUT2D eigenvalue weighted by molar-refractivity contribution is 5.67. The molecule has 0 radical (unpaired) electrons. The van der Waals surface area contributed by atoms with E-state index in [-0.39, 0.29) is 13.0 Å². The number of rotatable bonds is 8. The molecule has 3 nitrogen and oxygen atoms in total. The Bertz CT molecular complexity index is 460. The van der Waals surface area contributed by atoms with Crippen molar-refractivity contribution in [3.05, 3.63) is 29.8 Å². The lowest BCUT2D eigenvalue weighted by molar-refractivity contribution is -0.138. The Kier molecular flexibility index (Phi) is 6.52. The number of anilines is 1. The van der Waals surface area contributed by atoms with Crippen molar-refractivity contribution in [2.45, 2.75) is 38.8 Å². The van der Waals surface area contributed by atoms with E-state index in [1.54, 1.807) is 11.0 Å². The van der Waals surface area contributed by atoms with Gasteiger partial charge in [-0.2, -0.15) is 13.2 Å². The third-order valence-electron chi connectivity index (χ3n) is 3.17. The average molecular weight is 303 g/mol. The van der Waals surface area contributed by atoms with E-state index in [0.29, 0.717) is 12.2 Å². The van der Waals surface area contributed by atoms with Crippen molar-refractivity contribution >= 4 is 11.7 Å². The number of benzene rings is 1. The van der Waals surface area contributed by atoms with Crippen molar-refractivity contribution in [1.29, 1.82) is 0 Å². The normalized spacial score (nSPS) is 11.4. The van der Waals surface area contributed by atoms with Crippen LogP contribution in [0, 0.1) is 0 Å². The third kappa shape index (κ3) is 6.06. The number of hydrogen-bond donors (Lipinski definition) is 1. The van der Waals surface area contributed by atoms with Crippen LogP contribution >= 0.6 is 0 Å². The molecule has 0 spiro atoms. The zero-order chi connectivity index (χ0) is 15.9. The highest BCUT2D eigenvalue weighted by atomic mass is 19.4. The van der Waals surface area contributed by atoms with Crippen LogP contribution in [-0.4, -0.2) is 24.2 Å². The van der Waals surface area contributed by atoms with Crippen molar-refractivity contribution in [2.24, 2.45) is 0 Å². The maximum absolute atomic E-state index is 12.7. The average Bonchev–Trinajstić information content (AvgIpc) is 2.41. The number of hydrogen-bond acceptors (Lipinski definition) is 2. The summed E-state index contributed by atoms with van der Waals surface area (Å²) in [7, 11) is 0. The largest absolute Gasteiger partial charge is 0.481 e. The van der Waals surface area contributed by atoms with E-state index < -0.39 is 17.7 Å². The maximum atomic E-state index is 12.7. The fourth-order valence-electron chi connectivity index (χ4n) is 2.03. The van der Waals surface area contributed by atoms with Gasteiger partial charge in [-0.15, -0.1) is 0 Å². The van der Waals surface area contributed by atoms with Crippen molar-refractivity contribution in [2.75, 3.05) is 18.0 Å². The molecule has 0 aromatic heterocycles. The Morgan fingerprint density at radius 3 is 2.52 bits per heavy atom. The van der Waals surface area contributed by atoms with Crippen molar-refractivity contribution in [3.8, 4) is 0 Å². The van der Waals surface area contributed by atoms with Gasteiger partial charge in [0.1, 0.15) is 0 Å². The van der Waals surface area contributed by atoms with Crippen LogP contribution in [0.3, 0.4) is 0 Å². The molecule has 0 saturated heterocycles. The highest BCUT2D eigenvalue weighted by Gasteiger charge is 2.30. The Morgan fingerprint density at radius 2 is 1.95 bits per heavy atom. The number of unbranched alkanes of at least 4 members (excludes halogenated alkanes) is 2. The number of alkyl halides is 3. The summed E-state index contributed by atoms with van der Waals surface area (Å²) in [5.41, 5.74) is -0.294. The van der Waals surface area contributed by atoms with Gasteiger partial charge in [0.05, 0.1) is 12.0 Å². The number of carboxylic acids is 1. The molecule has 0 heterocycles. The maximum Gasteiger partial charge on any atom is 0.416 e. The summed E-state index contributed by atoms with van der Waals surface area (Å²) in [4.78, 5) is 12.4. The molecule has 1 N–H and O–H groups in total. The Balaban J connectivity index is 2.87. The van der Waals surface area contributed by atoms with E-state index in [1.807, 2.05) is 6.92 Å². The number of carbonyl (C=O) groups is 1. The van der Waals surface area contributed by atoms with Crippen LogP contribution in [-0.2, 0) is 11.0 Å². The molecule has 6 heteroatoms. The van der Waals surface area contributed by atoms with Gasteiger partial charge in [-0.3, -0.25) is 4.79 Å². The van der Waals surface area contributed by atoms with E-state index in [4.69, 9.17) is 5.11 Å². The molecule has 0 aliphatic rings. The van der Waals surface area contributed by atoms with Gasteiger partial charge in [0.25, 0.3) is 0 Å². The van der Waals surface area contributed by atoms with Gasteiger partial charge in [-0.05, 0) is 24.6 Å². The molecule has 0 fully saturated rings. The highest BCUT2D eigenvalue weighted by Crippen LogP contribution is 2.31. The molecular weight excluding hydrogens is 283 g/mol. The minimum atomic E-state index is -4.39. The SMILES string of the molecule is CCCCCN(CCC(=O)O)c1cccc(C(F)(F)F)c1. The van der Waals surface area contributed by atoms with Gasteiger partial charge >= 0.3 is 12.1 Å². The van der Waals surface area contributed by atoms with Crippen LogP contribution in [0.4, 0.5) is 18.9 Å². The first kappa shape index (κ1) is 17.3. The minimum Gasteiger partial charge on any atom is -0.481 e. The summed E-state index contributed by atoms with van der Waals surface area (Å²) in [5.74, 6) is -0.956. The number of aliphatic carboxylic acids is 1. The van der Waals surface area contributed by atoms with Gasteiger partial charge in [0, 0.05) is 18.8 Å². The zero-order valence-electron chi connectivity index (χ0n) is 12.0. The molecule has 1 aromatic carbocycles. The number of carboxylic acid groups (broad SMARTS) is 1. The Labute approximate surface area is 122 Å². The zero-order valence-corrected chi connectivity index (χ0v) is 12.0. The Hall–Kier alpha value is -1.72. The molecule has 0 amide bonds. The monoisotopic (exact) mass is 303 g/mol. The molecule has 1 aromatic rings. The fraction of sp³-hybridized carbons (Fsp3) is 0.533. The van der Waals surface area contributed by atoms with Gasteiger partial charge in [-0.1, -0.05) is 25.8 Å². The van der Waals surface area contributed by atoms with Crippen LogP contribution in [0.5, 0.6) is 0 Å². The molecule has 0 atom stereocenters. The topological polar surface area (TPSA) is 40.5 Å². The summed E-state index contributed by atoms with van der Waals surface area (Å²) in [6, 6.07) is 5.04. The first-order valence-corrected chi connectivity index (χ1v) is 6.98. The lowest BCUT2D eigenvalue weighted by Crippen LogP contribution is -2.27. The second kappa shape index (κ2) is 7.90. The predicted octanol–water partition coefficient (Wildman–Crippen LogP) is 4.18. The summed E-state index contributed by atoms with van der Waals surface area (Å²) >= 11 is 0. The molecule has 1 rings (SSSR count). The first-order chi connectivity index (χ1) is 9.84. The molecule has 118 valence electrons. The molecule has 0 bridgehead atoms. The van der Waals surface area contributed by atoms with Gasteiger partial charge in [0.15, 0.2) is 0 Å². The van der Waals surface area contributed by atoms with Crippen LogP contribution in [0.15, 0.2) is 24.3 Å². The second-order valence-electron chi connectivity index (χ2n) is 4.89. The molecule has 0 aliphatic carbocycles. The molecule has 21 heavy (non-hydrogen) atoms. The van der Waals surface area contributed by atoms with Gasteiger partial charge in [0.2, 0.25) is 0 Å². The van der Waals surface area contributed by atoms with Crippen molar-refractivity contribution < 1.29 is 23.1 Å². The van der Waals surface area contributed by atoms with Crippen LogP contribution in [0.2, 0.25) is 0 Å². The van der Waals surface area contributed by atoms with Crippen LogP contribution in [0.1, 0.15) is 38.2 Å². The molecular formula is C15H20F3NO2. The van der Waals surface area contributed by atoms with Crippen molar-refractivity contribution in [1.82, 2.24) is 0 Å². The Morgan fingerprint density at radius 1 is 1.24 bits per heavy atom. The first-order valence-electron chi connectivity index (χ1n) is 6.98. The van der Waals surface area contributed by atoms with Crippen molar-refractivity contribution in [3.63, 3.8) is 0 Å². The fourth-order valence-corrected chi connectivity index (χ4v) is 2.03. The molecule has 0 aliphatic heterocycles. The number of halogens is 3. The summed E-state index contributed by atoms with van der Waals surface area (Å²) < 4.78 is 38.2. The third-order valence-corrected chi connectivity index (χ3v) is 3.17. The molecule has 0 unspecified atom stereocenters. The van der Waals surface area contributed by atoms with Gasteiger partial charge in [-0.25, -0.2) is 0 Å². The van der Waals surface area contributed by atoms with E-state index in [1.165, 1.54) is 6.07 Å². The quantitative estimate of drug-likeness (QED) is 0.733. The smallest absolute Gasteiger partial charge is 0.416 e. The summed E-state index contributed by atoms with van der Waals surface area (Å²) in [6.45, 7) is 2.80.